The zero-order valence-electron chi connectivity index (χ0n) is 9.86. The third-order valence-electron chi connectivity index (χ3n) is 4.35. The van der Waals surface area contributed by atoms with Gasteiger partial charge < -0.3 is 4.42 Å². The van der Waals surface area contributed by atoms with Crippen molar-refractivity contribution in [1.82, 2.24) is 0 Å². The molecule has 2 aliphatic rings. The number of benzene rings is 1. The third-order valence-corrected chi connectivity index (χ3v) is 4.35. The molecule has 0 radical (unpaired) electrons. The molecule has 18 heavy (non-hydrogen) atoms. The van der Waals surface area contributed by atoms with E-state index in [1.54, 1.807) is 18.2 Å². The molecule has 2 nitrogen and oxygen atoms in total. The van der Waals surface area contributed by atoms with Crippen LogP contribution in [0.3, 0.4) is 0 Å². The van der Waals surface area contributed by atoms with Crippen LogP contribution in [0.5, 0.6) is 0 Å². The van der Waals surface area contributed by atoms with E-state index < -0.39 is 5.82 Å². The monoisotopic (exact) mass is 244 g/mol. The summed E-state index contributed by atoms with van der Waals surface area (Å²) in [5, 5.41) is 0.668. The summed E-state index contributed by atoms with van der Waals surface area (Å²) < 4.78 is 18.9. The minimum atomic E-state index is -0.402. The normalized spacial score (nSPS) is 29.5. The van der Waals surface area contributed by atoms with Gasteiger partial charge in [0, 0.05) is 11.3 Å². The molecule has 3 heteroatoms. The van der Waals surface area contributed by atoms with Crippen molar-refractivity contribution < 1.29 is 13.6 Å². The molecule has 1 aromatic heterocycles. The highest BCUT2D eigenvalue weighted by Crippen LogP contribution is 2.55. The SMILES string of the molecule is O=C(c1cc2cccc(F)c2o1)C1CC2CC2C1. The lowest BCUT2D eigenvalue weighted by Gasteiger charge is -2.07. The van der Waals surface area contributed by atoms with Crippen LogP contribution in [0.4, 0.5) is 4.39 Å². The summed E-state index contributed by atoms with van der Waals surface area (Å²) in [5.74, 6) is 1.59. The summed E-state index contributed by atoms with van der Waals surface area (Å²) in [6, 6.07) is 6.42. The minimum Gasteiger partial charge on any atom is -0.450 e. The van der Waals surface area contributed by atoms with E-state index in [1.807, 2.05) is 0 Å². The van der Waals surface area contributed by atoms with Crippen LogP contribution in [-0.2, 0) is 0 Å². The summed E-state index contributed by atoms with van der Waals surface area (Å²) in [5.41, 5.74) is 0.198. The Labute approximate surface area is 104 Å². The van der Waals surface area contributed by atoms with Crippen molar-refractivity contribution in [3.63, 3.8) is 0 Å². The van der Waals surface area contributed by atoms with Crippen LogP contribution in [0, 0.1) is 23.6 Å². The summed E-state index contributed by atoms with van der Waals surface area (Å²) in [6.45, 7) is 0. The van der Waals surface area contributed by atoms with Crippen molar-refractivity contribution in [1.29, 1.82) is 0 Å². The van der Waals surface area contributed by atoms with Gasteiger partial charge in [0.05, 0.1) is 0 Å². The molecule has 0 N–H and O–H groups in total. The van der Waals surface area contributed by atoms with Crippen molar-refractivity contribution in [2.45, 2.75) is 19.3 Å². The number of hydrogen-bond acceptors (Lipinski definition) is 2. The molecule has 0 amide bonds. The van der Waals surface area contributed by atoms with Crippen molar-refractivity contribution in [3.05, 3.63) is 35.8 Å². The van der Waals surface area contributed by atoms with Crippen molar-refractivity contribution in [2.75, 3.05) is 0 Å². The molecule has 0 spiro atoms. The molecule has 2 atom stereocenters. The molecular weight excluding hydrogens is 231 g/mol. The first-order valence-corrected chi connectivity index (χ1v) is 6.44. The maximum atomic E-state index is 13.5. The maximum absolute atomic E-state index is 13.5. The van der Waals surface area contributed by atoms with Gasteiger partial charge in [-0.05, 0) is 43.2 Å². The van der Waals surface area contributed by atoms with Crippen LogP contribution in [0.15, 0.2) is 28.7 Å². The number of Topliss-reactive ketones (excluding diaryl/α,β-unsaturated/α-hetero) is 1. The Balaban J connectivity index is 1.69. The second kappa shape index (κ2) is 3.44. The lowest BCUT2D eigenvalue weighted by Crippen LogP contribution is -2.11. The fourth-order valence-electron chi connectivity index (χ4n) is 3.28. The van der Waals surface area contributed by atoms with Crippen molar-refractivity contribution >= 4 is 16.8 Å². The summed E-state index contributed by atoms with van der Waals surface area (Å²) in [4.78, 5) is 12.3. The summed E-state index contributed by atoms with van der Waals surface area (Å²) in [7, 11) is 0. The van der Waals surface area contributed by atoms with E-state index in [2.05, 4.69) is 0 Å². The lowest BCUT2D eigenvalue weighted by atomic mass is 9.97. The van der Waals surface area contributed by atoms with Gasteiger partial charge in [0.25, 0.3) is 0 Å². The van der Waals surface area contributed by atoms with E-state index in [0.717, 1.165) is 24.7 Å². The number of carbonyl (C=O) groups is 1. The molecule has 0 aliphatic heterocycles. The van der Waals surface area contributed by atoms with Gasteiger partial charge in [-0.15, -0.1) is 0 Å². The average molecular weight is 244 g/mol. The van der Waals surface area contributed by atoms with Crippen LogP contribution >= 0.6 is 0 Å². The van der Waals surface area contributed by atoms with E-state index in [4.69, 9.17) is 4.42 Å². The Kier molecular flexibility index (Phi) is 1.97. The van der Waals surface area contributed by atoms with E-state index in [-0.39, 0.29) is 17.3 Å². The van der Waals surface area contributed by atoms with Crippen LogP contribution in [-0.4, -0.2) is 5.78 Å². The Bertz CT molecular complexity index is 633. The van der Waals surface area contributed by atoms with Gasteiger partial charge in [-0.2, -0.15) is 0 Å². The maximum Gasteiger partial charge on any atom is 0.201 e. The van der Waals surface area contributed by atoms with Gasteiger partial charge in [0.1, 0.15) is 0 Å². The van der Waals surface area contributed by atoms with Crippen LogP contribution in [0.1, 0.15) is 29.8 Å². The Morgan fingerprint density at radius 1 is 1.22 bits per heavy atom. The molecular formula is C15H13FO2. The van der Waals surface area contributed by atoms with E-state index in [9.17, 15) is 9.18 Å². The van der Waals surface area contributed by atoms with Crippen LogP contribution in [0.25, 0.3) is 11.0 Å². The van der Waals surface area contributed by atoms with E-state index in [0.29, 0.717) is 11.1 Å². The second-order valence-corrected chi connectivity index (χ2v) is 5.56. The molecule has 0 bridgehead atoms. The van der Waals surface area contributed by atoms with Crippen molar-refractivity contribution in [3.8, 4) is 0 Å². The Morgan fingerprint density at radius 2 is 2.00 bits per heavy atom. The first-order valence-electron chi connectivity index (χ1n) is 6.44. The number of rotatable bonds is 2. The molecule has 2 unspecified atom stereocenters. The third kappa shape index (κ3) is 1.43. The number of fused-ring (bicyclic) bond motifs is 2. The fourth-order valence-corrected chi connectivity index (χ4v) is 3.28. The largest absolute Gasteiger partial charge is 0.450 e. The Hall–Kier alpha value is -1.64. The molecule has 4 rings (SSSR count). The molecule has 1 aromatic carbocycles. The van der Waals surface area contributed by atoms with E-state index >= 15 is 0 Å². The van der Waals surface area contributed by atoms with Gasteiger partial charge in [-0.3, -0.25) is 4.79 Å². The van der Waals surface area contributed by atoms with Crippen molar-refractivity contribution in [2.24, 2.45) is 17.8 Å². The number of halogens is 1. The summed E-state index contributed by atoms with van der Waals surface area (Å²) >= 11 is 0. The number of carbonyl (C=O) groups excluding carboxylic acids is 1. The first kappa shape index (κ1) is 10.3. The minimum absolute atomic E-state index is 0.0535. The second-order valence-electron chi connectivity index (χ2n) is 5.56. The Morgan fingerprint density at radius 3 is 2.72 bits per heavy atom. The van der Waals surface area contributed by atoms with Gasteiger partial charge in [0.15, 0.2) is 17.2 Å². The van der Waals surface area contributed by atoms with Crippen LogP contribution < -0.4 is 0 Å². The first-order chi connectivity index (χ1) is 8.72. The van der Waals surface area contributed by atoms with Gasteiger partial charge in [-0.1, -0.05) is 12.1 Å². The standard InChI is InChI=1S/C15H13FO2/c16-12-3-1-2-8-7-13(18-15(8)12)14(17)11-5-9-4-10(9)6-11/h1-3,7,9-11H,4-6H2. The molecule has 2 aromatic rings. The number of para-hydroxylation sites is 1. The molecule has 2 fully saturated rings. The average Bonchev–Trinajstić information content (AvgIpc) is 2.80. The summed E-state index contributed by atoms with van der Waals surface area (Å²) in [6.07, 6.45) is 3.27. The zero-order valence-corrected chi connectivity index (χ0v) is 9.86. The number of furan rings is 1. The highest BCUT2D eigenvalue weighted by atomic mass is 19.1. The van der Waals surface area contributed by atoms with Gasteiger partial charge >= 0.3 is 0 Å². The smallest absolute Gasteiger partial charge is 0.201 e. The molecule has 2 saturated carbocycles. The molecule has 0 saturated heterocycles. The molecule has 2 aliphatic carbocycles. The van der Waals surface area contributed by atoms with E-state index in [1.165, 1.54) is 12.5 Å². The highest BCUT2D eigenvalue weighted by molar-refractivity contribution is 5.99. The number of ketones is 1. The zero-order chi connectivity index (χ0) is 12.3. The predicted molar refractivity (Wildman–Crippen MR) is 64.8 cm³/mol. The lowest BCUT2D eigenvalue weighted by molar-refractivity contribution is 0.0888. The topological polar surface area (TPSA) is 30.2 Å². The number of hydrogen-bond donors (Lipinski definition) is 0. The van der Waals surface area contributed by atoms with Gasteiger partial charge in [0.2, 0.25) is 5.78 Å². The quantitative estimate of drug-likeness (QED) is 0.752. The highest BCUT2D eigenvalue weighted by Gasteiger charge is 2.48. The van der Waals surface area contributed by atoms with Crippen LogP contribution in [0.2, 0.25) is 0 Å². The predicted octanol–water partition coefficient (Wildman–Crippen LogP) is 3.80. The molecule has 92 valence electrons. The van der Waals surface area contributed by atoms with Gasteiger partial charge in [-0.25, -0.2) is 4.39 Å². The molecule has 1 heterocycles. The fraction of sp³-hybridized carbons (Fsp3) is 0.400.